The van der Waals surface area contributed by atoms with Crippen LogP contribution in [0.3, 0.4) is 0 Å². The Morgan fingerprint density at radius 1 is 1.20 bits per heavy atom. The molecule has 0 saturated heterocycles. The number of hydrogen-bond donors (Lipinski definition) is 3. The van der Waals surface area contributed by atoms with Crippen molar-refractivity contribution in [3.8, 4) is 11.5 Å². The van der Waals surface area contributed by atoms with E-state index >= 15 is 0 Å². The number of methoxy groups -OCH3 is 2. The molecule has 0 aliphatic heterocycles. The molecule has 0 bridgehead atoms. The minimum absolute atomic E-state index is 0.236. The molecular formula is C17H19ClN4O3. The molecule has 1 aromatic carbocycles. The van der Waals surface area contributed by atoms with Gasteiger partial charge in [-0.05, 0) is 25.0 Å². The van der Waals surface area contributed by atoms with Crippen molar-refractivity contribution < 1.29 is 14.3 Å². The Bertz CT molecular complexity index is 763. The number of amides is 2. The van der Waals surface area contributed by atoms with Crippen molar-refractivity contribution in [2.75, 3.05) is 24.9 Å². The van der Waals surface area contributed by atoms with Crippen molar-refractivity contribution in [2.24, 2.45) is 0 Å². The average molecular weight is 363 g/mol. The van der Waals surface area contributed by atoms with Crippen LogP contribution in [0.2, 0.25) is 5.02 Å². The fourth-order valence-electron chi connectivity index (χ4n) is 2.22. The SMILES string of the molecule is COc1cc(Nc2ccc(NC(=O)NC3CC3)nc2)c(OC)cc1Cl. The molecule has 7 nitrogen and oxygen atoms in total. The summed E-state index contributed by atoms with van der Waals surface area (Å²) < 4.78 is 10.6. The number of pyridine rings is 1. The summed E-state index contributed by atoms with van der Waals surface area (Å²) in [4.78, 5) is 15.9. The number of benzene rings is 1. The third kappa shape index (κ3) is 4.45. The smallest absolute Gasteiger partial charge is 0.320 e. The number of ether oxygens (including phenoxy) is 2. The van der Waals surface area contributed by atoms with Crippen molar-refractivity contribution in [2.45, 2.75) is 18.9 Å². The molecule has 1 saturated carbocycles. The zero-order valence-corrected chi connectivity index (χ0v) is 14.7. The maximum absolute atomic E-state index is 11.7. The molecule has 25 heavy (non-hydrogen) atoms. The zero-order valence-electron chi connectivity index (χ0n) is 13.9. The Kier molecular flexibility index (Phi) is 5.14. The second-order valence-electron chi connectivity index (χ2n) is 5.62. The number of carbonyl (C=O) groups excluding carboxylic acids is 1. The van der Waals surface area contributed by atoms with E-state index in [1.54, 1.807) is 44.7 Å². The average Bonchev–Trinajstić information content (AvgIpc) is 3.41. The number of rotatable bonds is 6. The summed E-state index contributed by atoms with van der Waals surface area (Å²) >= 11 is 6.10. The number of hydrogen-bond acceptors (Lipinski definition) is 5. The van der Waals surface area contributed by atoms with Crippen LogP contribution in [0, 0.1) is 0 Å². The molecule has 3 N–H and O–H groups in total. The molecule has 0 unspecified atom stereocenters. The second-order valence-corrected chi connectivity index (χ2v) is 6.02. The molecule has 0 radical (unpaired) electrons. The van der Waals surface area contributed by atoms with E-state index in [4.69, 9.17) is 21.1 Å². The number of nitrogens with one attached hydrogen (secondary N) is 3. The molecule has 1 aliphatic carbocycles. The van der Waals surface area contributed by atoms with Gasteiger partial charge in [-0.25, -0.2) is 9.78 Å². The van der Waals surface area contributed by atoms with E-state index in [1.807, 2.05) is 0 Å². The molecule has 1 aromatic heterocycles. The van der Waals surface area contributed by atoms with Gasteiger partial charge >= 0.3 is 6.03 Å². The predicted octanol–water partition coefficient (Wildman–Crippen LogP) is 3.78. The number of nitrogens with zero attached hydrogens (tertiary/aromatic N) is 1. The Labute approximate surface area is 150 Å². The van der Waals surface area contributed by atoms with Gasteiger partial charge in [-0.3, -0.25) is 5.32 Å². The van der Waals surface area contributed by atoms with E-state index < -0.39 is 0 Å². The molecule has 2 aromatic rings. The number of halogens is 1. The van der Waals surface area contributed by atoms with Crippen molar-refractivity contribution in [1.29, 1.82) is 0 Å². The van der Waals surface area contributed by atoms with E-state index in [2.05, 4.69) is 20.9 Å². The topological polar surface area (TPSA) is 84.5 Å². The van der Waals surface area contributed by atoms with Crippen LogP contribution in [-0.2, 0) is 0 Å². The first-order valence-corrected chi connectivity index (χ1v) is 8.19. The molecule has 0 spiro atoms. The largest absolute Gasteiger partial charge is 0.495 e. The van der Waals surface area contributed by atoms with Crippen LogP contribution in [0.15, 0.2) is 30.5 Å². The number of carbonyl (C=O) groups is 1. The monoisotopic (exact) mass is 362 g/mol. The molecule has 0 atom stereocenters. The van der Waals surface area contributed by atoms with Crippen LogP contribution in [-0.4, -0.2) is 31.3 Å². The highest BCUT2D eigenvalue weighted by molar-refractivity contribution is 6.32. The second kappa shape index (κ2) is 7.48. The van der Waals surface area contributed by atoms with Crippen LogP contribution in [0.4, 0.5) is 22.0 Å². The summed E-state index contributed by atoms with van der Waals surface area (Å²) in [6.07, 6.45) is 3.69. The molecule has 8 heteroatoms. The molecule has 1 heterocycles. The number of urea groups is 1. The molecule has 1 fully saturated rings. The first-order valence-electron chi connectivity index (χ1n) is 7.81. The third-order valence-corrected chi connectivity index (χ3v) is 3.97. The lowest BCUT2D eigenvalue weighted by Crippen LogP contribution is -2.30. The minimum atomic E-state index is -0.236. The van der Waals surface area contributed by atoms with Crippen LogP contribution >= 0.6 is 11.6 Å². The van der Waals surface area contributed by atoms with E-state index in [9.17, 15) is 4.79 Å². The maximum atomic E-state index is 11.7. The van der Waals surface area contributed by atoms with Crippen LogP contribution in [0.5, 0.6) is 11.5 Å². The van der Waals surface area contributed by atoms with Gasteiger partial charge in [-0.2, -0.15) is 0 Å². The van der Waals surface area contributed by atoms with Gasteiger partial charge in [0.25, 0.3) is 0 Å². The Morgan fingerprint density at radius 2 is 1.96 bits per heavy atom. The molecular weight excluding hydrogens is 344 g/mol. The normalized spacial score (nSPS) is 13.1. The van der Waals surface area contributed by atoms with E-state index in [1.165, 1.54) is 0 Å². The highest BCUT2D eigenvalue weighted by Crippen LogP contribution is 2.37. The van der Waals surface area contributed by atoms with Crippen molar-refractivity contribution in [1.82, 2.24) is 10.3 Å². The third-order valence-electron chi connectivity index (χ3n) is 3.67. The van der Waals surface area contributed by atoms with Gasteiger partial charge in [0.05, 0.1) is 36.8 Å². The molecule has 132 valence electrons. The summed E-state index contributed by atoms with van der Waals surface area (Å²) in [5, 5.41) is 9.20. The summed E-state index contributed by atoms with van der Waals surface area (Å²) in [5.41, 5.74) is 1.42. The van der Waals surface area contributed by atoms with Gasteiger partial charge in [0.2, 0.25) is 0 Å². The number of anilines is 3. The summed E-state index contributed by atoms with van der Waals surface area (Å²) in [7, 11) is 3.11. The Morgan fingerprint density at radius 3 is 2.56 bits per heavy atom. The first kappa shape index (κ1) is 17.2. The van der Waals surface area contributed by atoms with Crippen LogP contribution in [0.25, 0.3) is 0 Å². The van der Waals surface area contributed by atoms with Gasteiger partial charge in [0.1, 0.15) is 17.3 Å². The van der Waals surface area contributed by atoms with Crippen molar-refractivity contribution in [3.05, 3.63) is 35.5 Å². The fraction of sp³-hybridized carbons (Fsp3) is 0.294. The first-order chi connectivity index (χ1) is 12.1. The predicted molar refractivity (Wildman–Crippen MR) is 97.3 cm³/mol. The fourth-order valence-corrected chi connectivity index (χ4v) is 2.45. The standard InChI is InChI=1S/C17H19ClN4O3/c1-24-14-8-13(15(25-2)7-12(14)18)20-11-5-6-16(19-9-11)22-17(23)21-10-3-4-10/h5-10,20H,3-4H2,1-2H3,(H2,19,21,22,23). The lowest BCUT2D eigenvalue weighted by molar-refractivity contribution is 0.251. The lowest BCUT2D eigenvalue weighted by Gasteiger charge is -2.14. The maximum Gasteiger partial charge on any atom is 0.320 e. The summed E-state index contributed by atoms with van der Waals surface area (Å²) in [6.45, 7) is 0. The van der Waals surface area contributed by atoms with Crippen molar-refractivity contribution >= 4 is 34.8 Å². The van der Waals surface area contributed by atoms with Crippen LogP contribution < -0.4 is 25.4 Å². The Hall–Kier alpha value is -2.67. The quantitative estimate of drug-likeness (QED) is 0.728. The van der Waals surface area contributed by atoms with Crippen molar-refractivity contribution in [3.63, 3.8) is 0 Å². The lowest BCUT2D eigenvalue weighted by atomic mass is 10.2. The number of aromatic nitrogens is 1. The van der Waals surface area contributed by atoms with Gasteiger partial charge in [-0.15, -0.1) is 0 Å². The van der Waals surface area contributed by atoms with Crippen LogP contribution in [0.1, 0.15) is 12.8 Å². The van der Waals surface area contributed by atoms with E-state index in [-0.39, 0.29) is 6.03 Å². The highest BCUT2D eigenvalue weighted by atomic mass is 35.5. The molecule has 2 amide bonds. The van der Waals surface area contributed by atoms with Gasteiger partial charge < -0.3 is 20.1 Å². The zero-order chi connectivity index (χ0) is 17.8. The summed E-state index contributed by atoms with van der Waals surface area (Å²) in [6, 6.07) is 7.01. The van der Waals surface area contributed by atoms with Gasteiger partial charge in [0.15, 0.2) is 0 Å². The molecule has 3 rings (SSSR count). The minimum Gasteiger partial charge on any atom is -0.495 e. The summed E-state index contributed by atoms with van der Waals surface area (Å²) in [5.74, 6) is 1.59. The van der Waals surface area contributed by atoms with Gasteiger partial charge in [0, 0.05) is 18.2 Å². The van der Waals surface area contributed by atoms with Gasteiger partial charge in [-0.1, -0.05) is 11.6 Å². The Balaban J connectivity index is 1.69. The van der Waals surface area contributed by atoms with E-state index in [0.717, 1.165) is 18.5 Å². The molecule has 1 aliphatic rings. The van der Waals surface area contributed by atoms with E-state index in [0.29, 0.717) is 34.1 Å². The highest BCUT2D eigenvalue weighted by Gasteiger charge is 2.23.